The molecule has 3 aromatic rings. The Kier molecular flexibility index (Phi) is 6.19. The molecule has 2 aromatic carbocycles. The van der Waals surface area contributed by atoms with Crippen LogP contribution in [0.2, 0.25) is 0 Å². The number of thioether (sulfide) groups is 1. The zero-order valence-corrected chi connectivity index (χ0v) is 18.1. The fraction of sp³-hybridized carbons (Fsp3) is 0.333. The number of amides is 1. The number of benzene rings is 2. The van der Waals surface area contributed by atoms with Gasteiger partial charge in [-0.2, -0.15) is 0 Å². The van der Waals surface area contributed by atoms with Crippen LogP contribution in [0.3, 0.4) is 0 Å². The summed E-state index contributed by atoms with van der Waals surface area (Å²) < 4.78 is 1.13. The van der Waals surface area contributed by atoms with Gasteiger partial charge in [0.2, 0.25) is 0 Å². The highest BCUT2D eigenvalue weighted by atomic mass is 32.2. The summed E-state index contributed by atoms with van der Waals surface area (Å²) in [7, 11) is 4.20. The number of hydrogen-bond acceptors (Lipinski definition) is 4. The number of likely N-dealkylation sites (N-methyl/N-ethyl adjacent to an activating group) is 1. The Balaban J connectivity index is 1.99. The van der Waals surface area contributed by atoms with Crippen LogP contribution >= 0.6 is 23.1 Å². The lowest BCUT2D eigenvalue weighted by Gasteiger charge is -2.20. The zero-order valence-electron chi connectivity index (χ0n) is 16.5. The van der Waals surface area contributed by atoms with E-state index in [0.29, 0.717) is 12.1 Å². The molecule has 0 unspecified atom stereocenters. The number of quaternary nitrogens is 1. The van der Waals surface area contributed by atoms with E-state index in [-0.39, 0.29) is 5.91 Å². The van der Waals surface area contributed by atoms with Crippen molar-refractivity contribution in [2.75, 3.05) is 38.3 Å². The zero-order chi connectivity index (χ0) is 19.6. The Bertz CT molecular complexity index is 948. The molecule has 0 aliphatic heterocycles. The molecule has 3 rings (SSSR count). The molecule has 0 aliphatic carbocycles. The number of aryl methyl sites for hydroxylation is 2. The van der Waals surface area contributed by atoms with E-state index in [2.05, 4.69) is 40.1 Å². The third kappa shape index (κ3) is 4.51. The molecule has 6 heteroatoms. The second kappa shape index (κ2) is 8.42. The van der Waals surface area contributed by atoms with Gasteiger partial charge in [-0.1, -0.05) is 17.4 Å². The molecular weight excluding hydrogens is 374 g/mol. The third-order valence-corrected chi connectivity index (χ3v) is 6.24. The van der Waals surface area contributed by atoms with Crippen LogP contribution in [0, 0.1) is 13.8 Å². The highest BCUT2D eigenvalue weighted by Gasteiger charge is 2.22. The molecule has 0 radical (unpaired) electrons. The Morgan fingerprint density at radius 1 is 1.19 bits per heavy atom. The third-order valence-electron chi connectivity index (χ3n) is 4.47. The minimum absolute atomic E-state index is 0.0114. The molecule has 27 heavy (non-hydrogen) atoms. The van der Waals surface area contributed by atoms with Crippen molar-refractivity contribution in [3.8, 4) is 0 Å². The summed E-state index contributed by atoms with van der Waals surface area (Å²) in [6.07, 6.45) is 2.04. The SMILES string of the molecule is CSc1ccc(C(=O)N(CC[NH+](C)C)c2nc3c(C)cc(C)cc3s2)cc1. The lowest BCUT2D eigenvalue weighted by molar-refractivity contribution is -0.856. The second-order valence-corrected chi connectivity index (χ2v) is 8.96. The summed E-state index contributed by atoms with van der Waals surface area (Å²) in [5.41, 5.74) is 4.07. The molecular formula is C21H26N3OS2+. The number of nitrogens with zero attached hydrogens (tertiary/aromatic N) is 2. The molecule has 1 N–H and O–H groups in total. The van der Waals surface area contributed by atoms with Gasteiger partial charge < -0.3 is 4.90 Å². The molecule has 0 spiro atoms. The van der Waals surface area contributed by atoms with Crippen LogP contribution in [0.25, 0.3) is 10.2 Å². The number of rotatable bonds is 6. The van der Waals surface area contributed by atoms with E-state index in [4.69, 9.17) is 4.98 Å². The molecule has 1 aromatic heterocycles. The molecule has 1 amide bonds. The largest absolute Gasteiger partial charge is 0.338 e. The normalized spacial score (nSPS) is 11.3. The fourth-order valence-corrected chi connectivity index (χ4v) is 4.56. The van der Waals surface area contributed by atoms with Crippen molar-refractivity contribution in [3.05, 3.63) is 53.1 Å². The minimum Gasteiger partial charge on any atom is -0.338 e. The first-order valence-electron chi connectivity index (χ1n) is 9.02. The lowest BCUT2D eigenvalue weighted by atomic mass is 10.1. The number of thiazole rings is 1. The minimum atomic E-state index is 0.0114. The number of aromatic nitrogens is 1. The number of nitrogens with one attached hydrogen (secondary N) is 1. The van der Waals surface area contributed by atoms with Gasteiger partial charge in [0.1, 0.15) is 0 Å². The monoisotopic (exact) mass is 400 g/mol. The van der Waals surface area contributed by atoms with Gasteiger partial charge in [0.25, 0.3) is 5.91 Å². The highest BCUT2D eigenvalue weighted by Crippen LogP contribution is 2.32. The van der Waals surface area contributed by atoms with Gasteiger partial charge in [-0.05, 0) is 61.6 Å². The number of fused-ring (bicyclic) bond motifs is 1. The smallest absolute Gasteiger partial charge is 0.260 e. The molecule has 0 saturated heterocycles. The van der Waals surface area contributed by atoms with Crippen molar-refractivity contribution in [1.29, 1.82) is 0 Å². The predicted molar refractivity (Wildman–Crippen MR) is 117 cm³/mol. The van der Waals surface area contributed by atoms with Crippen molar-refractivity contribution >= 4 is 44.4 Å². The van der Waals surface area contributed by atoms with E-state index in [0.717, 1.165) is 32.4 Å². The Morgan fingerprint density at radius 3 is 2.52 bits per heavy atom. The van der Waals surface area contributed by atoms with Crippen molar-refractivity contribution < 1.29 is 9.69 Å². The molecule has 0 aliphatic rings. The van der Waals surface area contributed by atoms with Gasteiger partial charge >= 0.3 is 0 Å². The summed E-state index contributed by atoms with van der Waals surface area (Å²) in [5, 5.41) is 0.777. The topological polar surface area (TPSA) is 37.6 Å². The van der Waals surface area contributed by atoms with Crippen LogP contribution in [0.1, 0.15) is 21.5 Å². The van der Waals surface area contributed by atoms with Gasteiger partial charge in [-0.3, -0.25) is 9.69 Å². The van der Waals surface area contributed by atoms with Crippen molar-refractivity contribution in [1.82, 2.24) is 4.98 Å². The second-order valence-electron chi connectivity index (χ2n) is 7.07. The van der Waals surface area contributed by atoms with E-state index in [1.54, 1.807) is 23.1 Å². The number of carbonyl (C=O) groups excluding carboxylic acids is 1. The maximum Gasteiger partial charge on any atom is 0.260 e. The maximum atomic E-state index is 13.3. The average molecular weight is 401 g/mol. The van der Waals surface area contributed by atoms with Crippen LogP contribution in [0.5, 0.6) is 0 Å². The Hall–Kier alpha value is -1.89. The first-order valence-corrected chi connectivity index (χ1v) is 11.1. The molecule has 0 bridgehead atoms. The number of anilines is 1. The van der Waals surface area contributed by atoms with Crippen molar-refractivity contribution in [2.45, 2.75) is 18.7 Å². The molecule has 0 saturated carbocycles. The number of carbonyl (C=O) groups is 1. The maximum absolute atomic E-state index is 13.3. The van der Waals surface area contributed by atoms with Gasteiger partial charge in [-0.15, -0.1) is 11.8 Å². The van der Waals surface area contributed by atoms with Crippen LogP contribution < -0.4 is 9.80 Å². The summed E-state index contributed by atoms with van der Waals surface area (Å²) in [5.74, 6) is 0.0114. The molecule has 4 nitrogen and oxygen atoms in total. The molecule has 0 fully saturated rings. The molecule has 0 atom stereocenters. The van der Waals surface area contributed by atoms with Gasteiger partial charge in [-0.25, -0.2) is 4.98 Å². The lowest BCUT2D eigenvalue weighted by Crippen LogP contribution is -3.06. The van der Waals surface area contributed by atoms with Crippen LogP contribution in [0.15, 0.2) is 41.3 Å². The average Bonchev–Trinajstić information content (AvgIpc) is 3.05. The summed E-state index contributed by atoms with van der Waals surface area (Å²) in [6, 6.07) is 12.1. The van der Waals surface area contributed by atoms with E-state index in [1.807, 2.05) is 35.4 Å². The standard InChI is InChI=1S/C21H25N3OS2/c1-14-12-15(2)19-18(13-14)27-21(22-19)24(11-10-23(3)4)20(25)16-6-8-17(26-5)9-7-16/h6-9,12-13H,10-11H2,1-5H3/p+1. The van der Waals surface area contributed by atoms with Crippen LogP contribution in [-0.2, 0) is 0 Å². The number of hydrogen-bond donors (Lipinski definition) is 1. The highest BCUT2D eigenvalue weighted by molar-refractivity contribution is 7.98. The predicted octanol–water partition coefficient (Wildman–Crippen LogP) is 3.43. The van der Waals surface area contributed by atoms with E-state index >= 15 is 0 Å². The quantitative estimate of drug-likeness (QED) is 0.644. The van der Waals surface area contributed by atoms with E-state index in [9.17, 15) is 4.79 Å². The molecule has 142 valence electrons. The fourth-order valence-electron chi connectivity index (χ4n) is 2.98. The Morgan fingerprint density at radius 2 is 1.89 bits per heavy atom. The van der Waals surface area contributed by atoms with Gasteiger partial charge in [0, 0.05) is 10.5 Å². The first-order chi connectivity index (χ1) is 12.9. The Labute approximate surface area is 169 Å². The first kappa shape index (κ1) is 19.9. The van der Waals surface area contributed by atoms with Gasteiger partial charge in [0.15, 0.2) is 5.13 Å². The summed E-state index contributed by atoms with van der Waals surface area (Å²) >= 11 is 3.27. The summed E-state index contributed by atoms with van der Waals surface area (Å²) in [6.45, 7) is 5.68. The molecule has 1 heterocycles. The summed E-state index contributed by atoms with van der Waals surface area (Å²) in [4.78, 5) is 22.4. The van der Waals surface area contributed by atoms with Crippen LogP contribution in [-0.4, -0.2) is 44.3 Å². The van der Waals surface area contributed by atoms with Crippen molar-refractivity contribution in [2.24, 2.45) is 0 Å². The van der Waals surface area contributed by atoms with E-state index < -0.39 is 0 Å². The van der Waals surface area contributed by atoms with Gasteiger partial charge in [0.05, 0.1) is 37.4 Å². The van der Waals surface area contributed by atoms with Crippen molar-refractivity contribution in [3.63, 3.8) is 0 Å². The van der Waals surface area contributed by atoms with E-state index in [1.165, 1.54) is 10.5 Å². The van der Waals surface area contributed by atoms with Crippen LogP contribution in [0.4, 0.5) is 5.13 Å².